The maximum atomic E-state index is 8.14. The molecule has 0 amide bonds. The van der Waals surface area contributed by atoms with E-state index in [4.69, 9.17) is 21.5 Å². The predicted molar refractivity (Wildman–Crippen MR) is 281 cm³/mol. The van der Waals surface area contributed by atoms with E-state index >= 15 is 0 Å². The Kier molecular flexibility index (Phi) is 9.20. The van der Waals surface area contributed by atoms with Gasteiger partial charge < -0.3 is 0 Å². The van der Waals surface area contributed by atoms with Gasteiger partial charge in [-0.25, -0.2) is 19.8 Å². The van der Waals surface area contributed by atoms with Crippen LogP contribution in [0.3, 0.4) is 0 Å². The molecule has 0 fully saturated rings. The molecule has 0 aliphatic heterocycles. The van der Waals surface area contributed by atoms with Crippen LogP contribution in [-0.2, 0) is 0 Å². The molecule has 0 bridgehead atoms. The third kappa shape index (κ3) is 6.73. The molecular weight excluding hydrogens is 825 g/mol. The monoisotopic (exact) mass is 862 g/mol. The third-order valence-electron chi connectivity index (χ3n) is 13.4. The molecule has 13 rings (SSSR count). The van der Waals surface area contributed by atoms with Crippen molar-refractivity contribution in [2.24, 2.45) is 0 Å². The summed E-state index contributed by atoms with van der Waals surface area (Å²) in [5, 5.41) is 7.45. The Morgan fingerprint density at radius 1 is 0.265 bits per heavy atom. The summed E-state index contributed by atoms with van der Waals surface area (Å²) in [5.74, 6) is 1.76. The van der Waals surface area contributed by atoms with Gasteiger partial charge in [-0.2, -0.15) is 0 Å². The van der Waals surface area contributed by atoms with E-state index in [1.165, 1.54) is 54.6 Å². The molecule has 12 aromatic rings. The number of nitrogens with zero attached hydrogens (tertiary/aromatic N) is 4. The van der Waals surface area contributed by atoms with Gasteiger partial charge in [0.15, 0.2) is 23.2 Å². The molecule has 4 heteroatoms. The highest BCUT2D eigenvalue weighted by atomic mass is 15.0. The Labute approximate surface area is 394 Å². The van der Waals surface area contributed by atoms with Gasteiger partial charge in [-0.3, -0.25) is 0 Å². The first-order valence-corrected chi connectivity index (χ1v) is 22.9. The molecule has 0 unspecified atom stereocenters. The van der Waals surface area contributed by atoms with Gasteiger partial charge in [0, 0.05) is 16.7 Å². The minimum Gasteiger partial charge on any atom is -0.238 e. The van der Waals surface area contributed by atoms with E-state index in [1.54, 1.807) is 0 Å². The summed E-state index contributed by atoms with van der Waals surface area (Å²) in [6.45, 7) is 8.14. The normalized spacial score (nSPS) is 11.5. The lowest BCUT2D eigenvalue weighted by Crippen LogP contribution is -2.00. The number of benzene rings is 11. The van der Waals surface area contributed by atoms with Crippen molar-refractivity contribution >= 4 is 38.0 Å². The Bertz CT molecular complexity index is 4050. The van der Waals surface area contributed by atoms with Crippen LogP contribution in [0.25, 0.3) is 138 Å². The lowest BCUT2D eigenvalue weighted by Gasteiger charge is -2.13. The predicted octanol–water partition coefficient (Wildman–Crippen LogP) is 17.2. The molecule has 314 valence electrons. The van der Waals surface area contributed by atoms with E-state index in [1.807, 2.05) is 54.6 Å². The third-order valence-corrected chi connectivity index (χ3v) is 13.4. The van der Waals surface area contributed by atoms with Crippen molar-refractivity contribution in [1.29, 1.82) is 0 Å². The zero-order chi connectivity index (χ0) is 45.1. The second-order valence-electron chi connectivity index (χ2n) is 17.5. The highest BCUT2D eigenvalue weighted by Crippen LogP contribution is 2.48. The fourth-order valence-corrected chi connectivity index (χ4v) is 10.2. The van der Waals surface area contributed by atoms with Crippen LogP contribution in [0.4, 0.5) is 5.69 Å². The van der Waals surface area contributed by atoms with E-state index in [0.717, 1.165) is 61.2 Å². The summed E-state index contributed by atoms with van der Waals surface area (Å²) in [4.78, 5) is 19.3. The highest BCUT2D eigenvalue weighted by Gasteiger charge is 2.22. The number of fused-ring (bicyclic) bond motifs is 6. The van der Waals surface area contributed by atoms with Gasteiger partial charge in [0.25, 0.3) is 0 Å². The van der Waals surface area contributed by atoms with Crippen LogP contribution >= 0.6 is 0 Å². The van der Waals surface area contributed by atoms with Crippen LogP contribution in [0.5, 0.6) is 0 Å². The van der Waals surface area contributed by atoms with Gasteiger partial charge in [-0.15, -0.1) is 0 Å². The Morgan fingerprint density at radius 2 is 0.735 bits per heavy atom. The van der Waals surface area contributed by atoms with Crippen molar-refractivity contribution in [3.63, 3.8) is 0 Å². The van der Waals surface area contributed by atoms with Gasteiger partial charge >= 0.3 is 0 Å². The molecule has 0 spiro atoms. The van der Waals surface area contributed by atoms with Crippen molar-refractivity contribution in [1.82, 2.24) is 15.0 Å². The maximum Gasteiger partial charge on any atom is 0.188 e. The molecule has 0 saturated heterocycles. The Morgan fingerprint density at radius 3 is 1.43 bits per heavy atom. The largest absolute Gasteiger partial charge is 0.238 e. The van der Waals surface area contributed by atoms with Crippen molar-refractivity contribution in [3.8, 4) is 101 Å². The molecule has 1 heterocycles. The summed E-state index contributed by atoms with van der Waals surface area (Å²) < 4.78 is 0. The van der Waals surface area contributed by atoms with Crippen LogP contribution in [0.1, 0.15) is 0 Å². The van der Waals surface area contributed by atoms with Crippen molar-refractivity contribution in [2.75, 3.05) is 0 Å². The highest BCUT2D eigenvalue weighted by molar-refractivity contribution is 6.16. The van der Waals surface area contributed by atoms with E-state index in [-0.39, 0.29) is 0 Å². The van der Waals surface area contributed by atoms with Gasteiger partial charge in [0.1, 0.15) is 0 Å². The zero-order valence-corrected chi connectivity index (χ0v) is 36.7. The minimum atomic E-state index is 0.570. The molecule has 1 aromatic heterocycles. The lowest BCUT2D eigenvalue weighted by atomic mass is 9.92. The molecule has 4 nitrogen and oxygen atoms in total. The molecular formula is C64H38N4. The van der Waals surface area contributed by atoms with Gasteiger partial charge in [0.05, 0.1) is 6.57 Å². The number of aromatic nitrogens is 3. The molecule has 0 saturated carbocycles. The lowest BCUT2D eigenvalue weighted by molar-refractivity contribution is 1.07. The molecule has 0 atom stereocenters. The molecule has 0 radical (unpaired) electrons. The summed E-state index contributed by atoms with van der Waals surface area (Å²) >= 11 is 0. The standard InChI is InChI=1S/C64H38N4/c1-65-52-36-50(43-20-9-19-42(32-43)45-30-31-56-57-28-12-17-40-18-13-29-58(61(40)57)60(56)38-45)35-51(37-52)44-21-10-23-48(33-44)63-66-62(41-14-3-2-4-15-41)67-64(68-63)49-24-11-22-46(34-49)59-39-47-16-5-6-25-53(47)54-26-7-8-27-55(54)59/h2-39H. The van der Waals surface area contributed by atoms with E-state index in [0.29, 0.717) is 23.2 Å². The van der Waals surface area contributed by atoms with E-state index < -0.39 is 0 Å². The molecule has 1 aliphatic carbocycles. The van der Waals surface area contributed by atoms with Crippen molar-refractivity contribution in [3.05, 3.63) is 242 Å². The minimum absolute atomic E-state index is 0.570. The van der Waals surface area contributed by atoms with Crippen molar-refractivity contribution in [2.45, 2.75) is 0 Å². The van der Waals surface area contributed by atoms with Crippen LogP contribution in [-0.4, -0.2) is 15.0 Å². The Hall–Kier alpha value is -9.30. The molecule has 68 heavy (non-hydrogen) atoms. The fourth-order valence-electron chi connectivity index (χ4n) is 10.2. The van der Waals surface area contributed by atoms with E-state index in [9.17, 15) is 0 Å². The average molecular weight is 863 g/mol. The Balaban J connectivity index is 0.878. The summed E-state index contributed by atoms with van der Waals surface area (Å²) in [5.41, 5.74) is 16.8. The first-order valence-electron chi connectivity index (χ1n) is 22.9. The second kappa shape index (κ2) is 16.0. The zero-order valence-electron chi connectivity index (χ0n) is 36.7. The number of hydrogen-bond donors (Lipinski definition) is 0. The average Bonchev–Trinajstić information content (AvgIpc) is 3.74. The van der Waals surface area contributed by atoms with Gasteiger partial charge in [-0.05, 0) is 148 Å². The topological polar surface area (TPSA) is 43.0 Å². The summed E-state index contributed by atoms with van der Waals surface area (Å²) in [6.07, 6.45) is 0. The van der Waals surface area contributed by atoms with Gasteiger partial charge in [-0.1, -0.05) is 182 Å². The van der Waals surface area contributed by atoms with Crippen LogP contribution in [0.15, 0.2) is 231 Å². The summed E-state index contributed by atoms with van der Waals surface area (Å²) in [6, 6.07) is 81.2. The number of rotatable bonds is 7. The summed E-state index contributed by atoms with van der Waals surface area (Å²) in [7, 11) is 0. The van der Waals surface area contributed by atoms with Crippen LogP contribution in [0.2, 0.25) is 0 Å². The quantitative estimate of drug-likeness (QED) is 0.118. The first-order chi connectivity index (χ1) is 33.6. The van der Waals surface area contributed by atoms with Crippen molar-refractivity contribution < 1.29 is 0 Å². The van der Waals surface area contributed by atoms with Crippen LogP contribution in [0, 0.1) is 6.57 Å². The second-order valence-corrected chi connectivity index (χ2v) is 17.5. The SMILES string of the molecule is [C-]#[N+]c1cc(-c2cccc(-c3ccc4c(c3)-c3cccc5cccc-4c35)c2)cc(-c2cccc(-c3nc(-c4ccccc4)nc(-c4cccc(-c5cc6ccccc6c6ccccc56)c4)n3)c2)c1. The van der Waals surface area contributed by atoms with Gasteiger partial charge in [0.2, 0.25) is 0 Å². The first kappa shape index (κ1) is 39.1. The smallest absolute Gasteiger partial charge is 0.188 e. The molecule has 1 aliphatic rings. The number of hydrogen-bond acceptors (Lipinski definition) is 3. The maximum absolute atomic E-state index is 8.14. The molecule has 11 aromatic carbocycles. The fraction of sp³-hybridized carbons (Fsp3) is 0. The van der Waals surface area contributed by atoms with E-state index in [2.05, 4.69) is 181 Å². The molecule has 0 N–H and O–H groups in total. The van der Waals surface area contributed by atoms with Crippen LogP contribution < -0.4 is 0 Å².